The number of aryl methyl sites for hydroxylation is 4. The topological polar surface area (TPSA) is 9.86 Å². The number of rotatable bonds is 40. The number of hydrogen-bond acceptors (Lipinski definition) is 0. The summed E-state index contributed by atoms with van der Waals surface area (Å²) in [6.07, 6.45) is 56.0. The molecule has 0 saturated carbocycles. The van der Waals surface area contributed by atoms with E-state index in [0.29, 0.717) is 0 Å². The average molecular weight is 1410 g/mol. The van der Waals surface area contributed by atoms with Gasteiger partial charge in [-0.25, -0.2) is 0 Å². The van der Waals surface area contributed by atoms with Crippen LogP contribution in [0, 0.1) is 0 Å². The van der Waals surface area contributed by atoms with E-state index in [1.165, 1.54) is 311 Å². The van der Waals surface area contributed by atoms with Crippen LogP contribution in [0.15, 0.2) is 206 Å². The second kappa shape index (κ2) is 38.0. The van der Waals surface area contributed by atoms with E-state index in [2.05, 4.69) is 306 Å². The fourth-order valence-electron chi connectivity index (χ4n) is 17.2. The zero-order chi connectivity index (χ0) is 73.6. The van der Waals surface area contributed by atoms with Crippen LogP contribution in [0.1, 0.15) is 286 Å². The third-order valence-corrected chi connectivity index (χ3v) is 23.4. The smallest absolute Gasteiger partial charge is 0.0541 e. The van der Waals surface area contributed by atoms with E-state index in [-0.39, 0.29) is 5.41 Å². The molecule has 0 spiro atoms. The van der Waals surface area contributed by atoms with Crippen molar-refractivity contribution in [1.82, 2.24) is 9.13 Å². The molecule has 0 amide bonds. The summed E-state index contributed by atoms with van der Waals surface area (Å²) in [6, 6.07) is 80.2. The molecule has 0 saturated heterocycles. The van der Waals surface area contributed by atoms with Crippen LogP contribution in [-0.2, 0) is 31.1 Å². The van der Waals surface area contributed by atoms with E-state index in [0.717, 1.165) is 25.7 Å². The van der Waals surface area contributed by atoms with Gasteiger partial charge in [0.1, 0.15) is 0 Å². The highest BCUT2D eigenvalue weighted by Gasteiger charge is 2.42. The largest absolute Gasteiger partial charge is 0.309 e. The van der Waals surface area contributed by atoms with Crippen molar-refractivity contribution < 1.29 is 0 Å². The number of aromatic nitrogens is 2. The fraction of sp³-hybridized carbons (Fsp3) is 0.352. The Morgan fingerprint density at radius 3 is 0.720 bits per heavy atom. The van der Waals surface area contributed by atoms with E-state index in [4.69, 9.17) is 0 Å². The third-order valence-electron chi connectivity index (χ3n) is 23.4. The quantitative estimate of drug-likeness (QED) is 0.0268. The molecule has 0 atom stereocenters. The van der Waals surface area contributed by atoms with Gasteiger partial charge in [0.15, 0.2) is 0 Å². The molecule has 0 radical (unpaired) electrons. The predicted molar refractivity (Wildman–Crippen MR) is 472 cm³/mol. The van der Waals surface area contributed by atoms with Crippen LogP contribution in [0.4, 0.5) is 0 Å². The lowest BCUT2D eigenvalue weighted by Crippen LogP contribution is -2.25. The highest BCUT2D eigenvalue weighted by molar-refractivity contribution is 6.11. The summed E-state index contributed by atoms with van der Waals surface area (Å²) in [4.78, 5) is 0. The number of fused-ring (bicyclic) bond motifs is 9. The maximum Gasteiger partial charge on any atom is 0.0541 e. The summed E-state index contributed by atoms with van der Waals surface area (Å²) < 4.78 is 4.97. The molecule has 2 nitrogen and oxygen atoms in total. The minimum absolute atomic E-state index is 0.0252. The van der Waals surface area contributed by atoms with Crippen molar-refractivity contribution >= 4 is 92.2 Å². The molecule has 1 aliphatic carbocycles. The number of hydrogen-bond donors (Lipinski definition) is 0. The van der Waals surface area contributed by atoms with Gasteiger partial charge in [0, 0.05) is 38.3 Å². The van der Waals surface area contributed by atoms with Gasteiger partial charge in [0.2, 0.25) is 0 Å². The van der Waals surface area contributed by atoms with Crippen LogP contribution in [0.25, 0.3) is 115 Å². The van der Waals surface area contributed by atoms with Crippen LogP contribution in [0.5, 0.6) is 0 Å². The Morgan fingerprint density at radius 1 is 0.224 bits per heavy atom. The maximum absolute atomic E-state index is 2.57. The van der Waals surface area contributed by atoms with Crippen molar-refractivity contribution in [1.29, 1.82) is 0 Å². The van der Waals surface area contributed by atoms with Gasteiger partial charge in [-0.2, -0.15) is 0 Å². The molecule has 0 bridgehead atoms. The van der Waals surface area contributed by atoms with Crippen molar-refractivity contribution in [2.24, 2.45) is 0 Å². The summed E-state index contributed by atoms with van der Waals surface area (Å²) in [7, 11) is 0. The van der Waals surface area contributed by atoms with Crippen LogP contribution in [0.2, 0.25) is 0 Å². The molecule has 2 heteroatoms. The monoisotopic (exact) mass is 1410 g/mol. The Labute approximate surface area is 643 Å². The van der Waals surface area contributed by atoms with Gasteiger partial charge in [0.25, 0.3) is 0 Å². The molecular formula is C105H120N2. The molecule has 0 N–H and O–H groups in total. The second-order valence-electron chi connectivity index (χ2n) is 31.5. The summed E-state index contributed by atoms with van der Waals surface area (Å²) in [5, 5.41) is 5.52. The van der Waals surface area contributed by atoms with Crippen molar-refractivity contribution in [3.8, 4) is 22.5 Å². The average Bonchev–Trinajstić information content (AvgIpc) is 1.57. The molecular weight excluding hydrogens is 1290 g/mol. The number of benzene rings is 10. The molecule has 1 aliphatic rings. The predicted octanol–water partition coefficient (Wildman–Crippen LogP) is 31.3. The van der Waals surface area contributed by atoms with Crippen molar-refractivity contribution in [2.75, 3.05) is 0 Å². The Bertz CT molecular complexity index is 4520. The van der Waals surface area contributed by atoms with Gasteiger partial charge < -0.3 is 9.13 Å². The molecule has 107 heavy (non-hydrogen) atoms. The standard InChI is InChI=1S/C105H120N2/c1-7-13-19-25-31-85-57-67-101-95(73-85)96-74-86(32-26-20-14-8-2)58-68-102(96)106(101)91-61-51-83(52-62-91)45-43-79-35-39-81(40-36-79)47-49-89-55-65-93-94-66-56-90(78-100(94)105(99(93)77-89,71-29-23-17-11-5)72-30-24-18-12-6)50-48-82-41-37-80(38-42-82)44-46-84-53-63-92(64-54-84)107-103-69-59-87(33-27-21-15-9-3)75-97(103)98-76-88(60-70-104(98)107)34-28-22-16-10-4/h35-70,73-78H,7-34,71-72H2,1-6H3/b45-43+,46-44+,49-47+,50-48+. The molecule has 10 aromatic carbocycles. The maximum atomic E-state index is 2.57. The normalized spacial score (nSPS) is 12.9. The molecule has 0 fully saturated rings. The first-order valence-electron chi connectivity index (χ1n) is 42.3. The molecule has 13 rings (SSSR count). The van der Waals surface area contributed by atoms with Crippen LogP contribution >= 0.6 is 0 Å². The van der Waals surface area contributed by atoms with E-state index in [1.54, 1.807) is 0 Å². The van der Waals surface area contributed by atoms with Crippen molar-refractivity contribution in [3.63, 3.8) is 0 Å². The Kier molecular flexibility index (Phi) is 27.0. The molecule has 550 valence electrons. The first-order valence-corrected chi connectivity index (χ1v) is 42.3. The lowest BCUT2D eigenvalue weighted by molar-refractivity contribution is 0.401. The van der Waals surface area contributed by atoms with Gasteiger partial charge in [-0.1, -0.05) is 352 Å². The van der Waals surface area contributed by atoms with Crippen LogP contribution < -0.4 is 0 Å². The van der Waals surface area contributed by atoms with Gasteiger partial charge in [-0.15, -0.1) is 0 Å². The Hall–Kier alpha value is -9.24. The highest BCUT2D eigenvalue weighted by Crippen LogP contribution is 2.55. The van der Waals surface area contributed by atoms with Crippen molar-refractivity contribution in [3.05, 3.63) is 284 Å². The van der Waals surface area contributed by atoms with Crippen LogP contribution in [-0.4, -0.2) is 9.13 Å². The van der Waals surface area contributed by atoms with E-state index in [1.807, 2.05) is 0 Å². The van der Waals surface area contributed by atoms with E-state index >= 15 is 0 Å². The zero-order valence-corrected chi connectivity index (χ0v) is 65.9. The van der Waals surface area contributed by atoms with Gasteiger partial charge in [-0.05, 0) is 226 Å². The highest BCUT2D eigenvalue weighted by atomic mass is 15.0. The van der Waals surface area contributed by atoms with Gasteiger partial charge in [0.05, 0.1) is 22.1 Å². The molecule has 2 aromatic heterocycles. The van der Waals surface area contributed by atoms with Crippen LogP contribution in [0.3, 0.4) is 0 Å². The first-order chi connectivity index (χ1) is 52.8. The van der Waals surface area contributed by atoms with E-state index < -0.39 is 0 Å². The number of unbranched alkanes of at least 4 members (excludes halogenated alkanes) is 18. The van der Waals surface area contributed by atoms with Gasteiger partial charge in [-0.3, -0.25) is 0 Å². The summed E-state index contributed by atoms with van der Waals surface area (Å²) >= 11 is 0. The van der Waals surface area contributed by atoms with Gasteiger partial charge >= 0.3 is 0 Å². The molecule has 2 heterocycles. The molecule has 0 unspecified atom stereocenters. The zero-order valence-electron chi connectivity index (χ0n) is 65.9. The fourth-order valence-corrected chi connectivity index (χ4v) is 17.2. The summed E-state index contributed by atoms with van der Waals surface area (Å²) in [6.45, 7) is 13.9. The molecule has 0 aliphatic heterocycles. The Balaban J connectivity index is 0.684. The SMILES string of the molecule is CCCCCCc1ccc2c(c1)c1cc(CCCCCC)ccc1n2-c1ccc(/C=C/c2ccc(/C=C/c3ccc4c(c3)C(CCCCCC)(CCCCCC)c3cc(/C=C/c5ccc(/C=C/c6ccc(-n7c8ccc(CCCCCC)cc8c8cc(CCCCCC)ccc87)cc6)cc5)ccc3-4)cc2)cc1. The summed E-state index contributed by atoms with van der Waals surface area (Å²) in [5.74, 6) is 0. The lowest BCUT2D eigenvalue weighted by Gasteiger charge is -2.33. The number of nitrogens with zero attached hydrogens (tertiary/aromatic N) is 2. The summed E-state index contributed by atoms with van der Waals surface area (Å²) in [5.41, 5.74) is 29.1. The second-order valence-corrected chi connectivity index (χ2v) is 31.5. The minimum Gasteiger partial charge on any atom is -0.309 e. The Morgan fingerprint density at radius 2 is 0.458 bits per heavy atom. The minimum atomic E-state index is -0.0252. The third kappa shape index (κ3) is 18.8. The van der Waals surface area contributed by atoms with Crippen molar-refractivity contribution in [2.45, 2.75) is 240 Å². The first kappa shape index (κ1) is 76.0. The van der Waals surface area contributed by atoms with E-state index in [9.17, 15) is 0 Å². The lowest BCUT2D eigenvalue weighted by atomic mass is 9.70. The molecule has 12 aromatic rings.